The Bertz CT molecular complexity index is 666. The molecular formula is C26H48O3Si. The molecule has 2 saturated heterocycles. The average molecular weight is 437 g/mol. The van der Waals surface area contributed by atoms with Crippen molar-refractivity contribution in [2.45, 2.75) is 129 Å². The van der Waals surface area contributed by atoms with Gasteiger partial charge in [0.25, 0.3) is 0 Å². The zero-order valence-corrected chi connectivity index (χ0v) is 22.3. The van der Waals surface area contributed by atoms with Crippen LogP contribution in [-0.2, 0) is 9.16 Å². The van der Waals surface area contributed by atoms with Crippen molar-refractivity contribution in [3.05, 3.63) is 11.6 Å². The lowest BCUT2D eigenvalue weighted by Gasteiger charge is -2.44. The highest BCUT2D eigenvalue weighted by atomic mass is 28.4. The zero-order valence-electron chi connectivity index (χ0n) is 21.3. The van der Waals surface area contributed by atoms with Crippen LogP contribution in [0.15, 0.2) is 11.6 Å². The molecule has 1 N–H and O–H groups in total. The van der Waals surface area contributed by atoms with Gasteiger partial charge in [-0.2, -0.15) is 0 Å². The molecule has 0 saturated carbocycles. The van der Waals surface area contributed by atoms with E-state index in [0.717, 1.165) is 32.1 Å². The molecular weight excluding hydrogens is 388 g/mol. The summed E-state index contributed by atoms with van der Waals surface area (Å²) in [5, 5.41) is 11.6. The van der Waals surface area contributed by atoms with Crippen molar-refractivity contribution < 1.29 is 14.3 Å². The molecule has 0 aromatic heterocycles. The molecule has 2 aliphatic heterocycles. The van der Waals surface area contributed by atoms with E-state index in [1.54, 1.807) is 0 Å². The van der Waals surface area contributed by atoms with Gasteiger partial charge in [0.2, 0.25) is 0 Å². The molecule has 1 aliphatic carbocycles. The molecule has 3 aliphatic rings. The molecule has 4 heteroatoms. The molecule has 3 rings (SSSR count). The van der Waals surface area contributed by atoms with E-state index in [-0.39, 0.29) is 34.4 Å². The summed E-state index contributed by atoms with van der Waals surface area (Å²) in [7, 11) is -1.87. The fourth-order valence-corrected chi connectivity index (χ4v) is 7.40. The lowest BCUT2D eigenvalue weighted by molar-refractivity contribution is -0.0501. The van der Waals surface area contributed by atoms with E-state index >= 15 is 0 Å². The third kappa shape index (κ3) is 4.36. The van der Waals surface area contributed by atoms with Crippen LogP contribution in [0, 0.1) is 23.7 Å². The normalized spacial score (nSPS) is 41.6. The van der Waals surface area contributed by atoms with Gasteiger partial charge in [-0.05, 0) is 94.7 Å². The van der Waals surface area contributed by atoms with E-state index in [1.165, 1.54) is 5.57 Å². The van der Waals surface area contributed by atoms with Crippen LogP contribution in [-0.4, -0.2) is 36.8 Å². The Kier molecular flexibility index (Phi) is 6.53. The fourth-order valence-electron chi connectivity index (χ4n) is 6.13. The average Bonchev–Trinajstić information content (AvgIpc) is 3.02. The van der Waals surface area contributed by atoms with E-state index in [9.17, 15) is 5.11 Å². The van der Waals surface area contributed by atoms with Gasteiger partial charge in [-0.1, -0.05) is 46.3 Å². The van der Waals surface area contributed by atoms with Crippen LogP contribution in [0.4, 0.5) is 0 Å². The van der Waals surface area contributed by atoms with Crippen LogP contribution in [0.5, 0.6) is 0 Å². The van der Waals surface area contributed by atoms with Crippen molar-refractivity contribution in [2.24, 2.45) is 23.7 Å². The monoisotopic (exact) mass is 436 g/mol. The number of hydrogen-bond acceptors (Lipinski definition) is 3. The van der Waals surface area contributed by atoms with E-state index in [4.69, 9.17) is 9.16 Å². The summed E-state index contributed by atoms with van der Waals surface area (Å²) < 4.78 is 13.4. The minimum absolute atomic E-state index is 0.00103. The summed E-state index contributed by atoms with van der Waals surface area (Å²) in [5.74, 6) is 1.56. The summed E-state index contributed by atoms with van der Waals surface area (Å²) >= 11 is 0. The van der Waals surface area contributed by atoms with Crippen LogP contribution < -0.4 is 0 Å². The fraction of sp³-hybridized carbons (Fsp3) is 0.923. The summed E-state index contributed by atoms with van der Waals surface area (Å²) in [4.78, 5) is 0. The molecule has 1 unspecified atom stereocenters. The van der Waals surface area contributed by atoms with Crippen molar-refractivity contribution in [3.8, 4) is 0 Å². The zero-order chi connectivity index (χ0) is 22.7. The topological polar surface area (TPSA) is 38.7 Å². The third-order valence-electron chi connectivity index (χ3n) is 9.69. The van der Waals surface area contributed by atoms with E-state index < -0.39 is 8.32 Å². The van der Waals surface area contributed by atoms with Gasteiger partial charge in [0, 0.05) is 0 Å². The van der Waals surface area contributed by atoms with E-state index in [0.29, 0.717) is 17.8 Å². The number of aliphatic hydroxyl groups excluding tert-OH is 1. The van der Waals surface area contributed by atoms with E-state index in [1.807, 2.05) is 0 Å². The smallest absolute Gasteiger partial charge is 0.192 e. The highest BCUT2D eigenvalue weighted by Crippen LogP contribution is 2.58. The number of allylic oxidation sites excluding steroid dienone is 1. The Morgan fingerprint density at radius 2 is 1.83 bits per heavy atom. The van der Waals surface area contributed by atoms with Gasteiger partial charge in [0.1, 0.15) is 0 Å². The Balaban J connectivity index is 1.73. The van der Waals surface area contributed by atoms with Gasteiger partial charge >= 0.3 is 0 Å². The number of aliphatic hydroxyl groups is 1. The molecule has 2 heterocycles. The van der Waals surface area contributed by atoms with Crippen molar-refractivity contribution in [1.82, 2.24) is 0 Å². The van der Waals surface area contributed by atoms with Gasteiger partial charge in [-0.3, -0.25) is 0 Å². The van der Waals surface area contributed by atoms with Gasteiger partial charge < -0.3 is 14.3 Å². The van der Waals surface area contributed by atoms with Crippen LogP contribution in [0.3, 0.4) is 0 Å². The Morgan fingerprint density at radius 1 is 1.23 bits per heavy atom. The number of rotatable bonds is 6. The molecule has 0 spiro atoms. The minimum Gasteiger partial charge on any atom is -0.410 e. The minimum atomic E-state index is -1.87. The summed E-state index contributed by atoms with van der Waals surface area (Å²) in [6.07, 6.45) is 7.56. The maximum Gasteiger partial charge on any atom is 0.192 e. The molecule has 0 amide bonds. The Labute approximate surface area is 187 Å². The molecule has 2 bridgehead atoms. The predicted octanol–water partition coefficient (Wildman–Crippen LogP) is 6.71. The lowest BCUT2D eigenvalue weighted by Crippen LogP contribution is -2.48. The summed E-state index contributed by atoms with van der Waals surface area (Å²) in [6, 6.07) is 0. The first kappa shape index (κ1) is 24.5. The van der Waals surface area contributed by atoms with Crippen molar-refractivity contribution in [2.75, 3.05) is 0 Å². The summed E-state index contributed by atoms with van der Waals surface area (Å²) in [5.41, 5.74) is 1.38. The van der Waals surface area contributed by atoms with Crippen molar-refractivity contribution in [3.63, 3.8) is 0 Å². The van der Waals surface area contributed by atoms with E-state index in [2.05, 4.69) is 74.6 Å². The molecule has 174 valence electrons. The first-order valence-electron chi connectivity index (χ1n) is 12.3. The van der Waals surface area contributed by atoms with Gasteiger partial charge in [0.05, 0.1) is 23.4 Å². The molecule has 3 nitrogen and oxygen atoms in total. The van der Waals surface area contributed by atoms with Gasteiger partial charge in [-0.25, -0.2) is 0 Å². The largest absolute Gasteiger partial charge is 0.410 e. The van der Waals surface area contributed by atoms with Gasteiger partial charge in [0.15, 0.2) is 8.32 Å². The highest BCUT2D eigenvalue weighted by Gasteiger charge is 2.61. The molecule has 0 aromatic rings. The van der Waals surface area contributed by atoms with Crippen LogP contribution in [0.25, 0.3) is 0 Å². The van der Waals surface area contributed by atoms with Crippen LogP contribution >= 0.6 is 0 Å². The van der Waals surface area contributed by atoms with Gasteiger partial charge in [-0.15, -0.1) is 0 Å². The second-order valence-electron chi connectivity index (χ2n) is 12.8. The maximum absolute atomic E-state index is 11.4. The Morgan fingerprint density at radius 3 is 2.37 bits per heavy atom. The third-order valence-corrected chi connectivity index (χ3v) is 14.2. The second kappa shape index (κ2) is 8.00. The lowest BCUT2D eigenvalue weighted by atomic mass is 9.65. The quantitative estimate of drug-likeness (QED) is 0.371. The number of ether oxygens (including phenoxy) is 1. The first-order chi connectivity index (χ1) is 13.6. The number of hydrogen-bond donors (Lipinski definition) is 1. The maximum atomic E-state index is 11.4. The summed E-state index contributed by atoms with van der Waals surface area (Å²) in [6.45, 7) is 23.0. The molecule has 30 heavy (non-hydrogen) atoms. The molecule has 8 atom stereocenters. The standard InChI is InChI=1S/C26H48O3Si/c1-17-11-12-20(23(15-17)28-30(9,10)24(4,5)6)18(2)22(27)16-21-19(3)25(7)13-14-26(21,8)29-25/h15,18-23,27H,11-14,16H2,1-10H3/t18-,19-,20-,21-,22?,23-,25+,26-/m1/s1. The molecule has 0 aromatic carbocycles. The first-order valence-corrected chi connectivity index (χ1v) is 15.2. The van der Waals surface area contributed by atoms with Crippen molar-refractivity contribution >= 4 is 8.32 Å². The SMILES string of the molecule is CC1=C[C@@H](O[Si](C)(C)C(C)(C)C)[C@@H]([C@@H](C)C(O)C[C@@H]2[C@@H](C)[C@]3(C)CC[C@@]2(C)O3)CC1. The Hall–Kier alpha value is -0.163. The predicted molar refractivity (Wildman–Crippen MR) is 128 cm³/mol. The second-order valence-corrected chi connectivity index (χ2v) is 17.6. The van der Waals surface area contributed by atoms with Crippen LogP contribution in [0.1, 0.15) is 87.5 Å². The highest BCUT2D eigenvalue weighted by molar-refractivity contribution is 6.74. The van der Waals surface area contributed by atoms with Crippen LogP contribution in [0.2, 0.25) is 18.1 Å². The molecule has 0 radical (unpaired) electrons. The van der Waals surface area contributed by atoms with Crippen molar-refractivity contribution in [1.29, 1.82) is 0 Å². The molecule has 2 fully saturated rings. The number of fused-ring (bicyclic) bond motifs is 2.